The minimum Gasteiger partial charge on any atom is -0.380 e. The number of hydrogen-bond acceptors (Lipinski definition) is 3. The monoisotopic (exact) mass is 258 g/mol. The fraction of sp³-hybridized carbons (Fsp3) is 0.286. The average Bonchev–Trinajstić information content (AvgIpc) is 2.81. The van der Waals surface area contributed by atoms with E-state index in [1.807, 2.05) is 31.2 Å². The predicted molar refractivity (Wildman–Crippen MR) is 75.1 cm³/mol. The van der Waals surface area contributed by atoms with Gasteiger partial charge in [0.2, 0.25) is 0 Å². The minimum atomic E-state index is -0.00739. The highest BCUT2D eigenvalue weighted by Crippen LogP contribution is 2.17. The van der Waals surface area contributed by atoms with Gasteiger partial charge in [0, 0.05) is 37.6 Å². The zero-order valence-corrected chi connectivity index (χ0v) is 11.4. The number of rotatable bonds is 4. The molecule has 100 valence electrons. The van der Waals surface area contributed by atoms with Crippen molar-refractivity contribution < 1.29 is 4.79 Å². The van der Waals surface area contributed by atoms with Gasteiger partial charge in [0.1, 0.15) is 0 Å². The third-order valence-corrected chi connectivity index (χ3v) is 2.97. The van der Waals surface area contributed by atoms with Crippen molar-refractivity contribution in [3.63, 3.8) is 0 Å². The number of H-pyrrole nitrogens is 1. The van der Waals surface area contributed by atoms with E-state index < -0.39 is 0 Å². The first-order valence-corrected chi connectivity index (χ1v) is 6.13. The van der Waals surface area contributed by atoms with Crippen LogP contribution in [0.15, 0.2) is 30.5 Å². The summed E-state index contributed by atoms with van der Waals surface area (Å²) in [5.41, 5.74) is 3.63. The number of hydrogen-bond donors (Lipinski definition) is 2. The van der Waals surface area contributed by atoms with E-state index in [0.717, 1.165) is 16.9 Å². The topological polar surface area (TPSA) is 61.0 Å². The third kappa shape index (κ3) is 2.93. The summed E-state index contributed by atoms with van der Waals surface area (Å²) in [6.07, 6.45) is 1.79. The Labute approximate surface area is 112 Å². The number of benzene rings is 1. The summed E-state index contributed by atoms with van der Waals surface area (Å²) in [4.78, 5) is 13.6. The maximum absolute atomic E-state index is 12.1. The van der Waals surface area contributed by atoms with Crippen LogP contribution in [0, 0.1) is 6.92 Å². The number of aromatic nitrogens is 2. The molecule has 0 atom stereocenters. The summed E-state index contributed by atoms with van der Waals surface area (Å²) in [5.74, 6) is -0.00739. The molecule has 2 rings (SSSR count). The first-order valence-electron chi connectivity index (χ1n) is 6.13. The second-order valence-electron chi connectivity index (χ2n) is 4.62. The van der Waals surface area contributed by atoms with E-state index in [1.165, 1.54) is 0 Å². The van der Waals surface area contributed by atoms with Crippen LogP contribution in [0.5, 0.6) is 0 Å². The molecular formula is C14H18N4O. The van der Waals surface area contributed by atoms with Crippen LogP contribution in [0.2, 0.25) is 0 Å². The Balaban J connectivity index is 2.17. The van der Waals surface area contributed by atoms with Gasteiger partial charge in [0.05, 0.1) is 11.8 Å². The van der Waals surface area contributed by atoms with Crippen molar-refractivity contribution in [2.24, 2.45) is 0 Å². The van der Waals surface area contributed by atoms with Gasteiger partial charge in [-0.25, -0.2) is 0 Å². The van der Waals surface area contributed by atoms with Gasteiger partial charge in [-0.3, -0.25) is 9.89 Å². The van der Waals surface area contributed by atoms with Gasteiger partial charge in [-0.05, 0) is 19.1 Å². The molecule has 0 spiro atoms. The number of carbonyl (C=O) groups is 1. The molecule has 1 heterocycles. The molecule has 0 bridgehead atoms. The van der Waals surface area contributed by atoms with Crippen molar-refractivity contribution >= 4 is 11.6 Å². The fourth-order valence-electron chi connectivity index (χ4n) is 1.81. The number of nitrogens with zero attached hydrogens (tertiary/aromatic N) is 2. The predicted octanol–water partition coefficient (Wildman–Crippen LogP) is 2.03. The van der Waals surface area contributed by atoms with Crippen molar-refractivity contribution in [1.82, 2.24) is 15.1 Å². The molecule has 5 nitrogen and oxygen atoms in total. The van der Waals surface area contributed by atoms with E-state index in [0.29, 0.717) is 12.1 Å². The Morgan fingerprint density at radius 1 is 1.37 bits per heavy atom. The van der Waals surface area contributed by atoms with E-state index in [9.17, 15) is 4.79 Å². The van der Waals surface area contributed by atoms with E-state index in [2.05, 4.69) is 15.5 Å². The van der Waals surface area contributed by atoms with Crippen molar-refractivity contribution in [3.8, 4) is 0 Å². The molecule has 0 unspecified atom stereocenters. The van der Waals surface area contributed by atoms with E-state index in [-0.39, 0.29) is 5.91 Å². The van der Waals surface area contributed by atoms with Crippen molar-refractivity contribution in [3.05, 3.63) is 47.3 Å². The zero-order chi connectivity index (χ0) is 13.8. The molecule has 0 aliphatic heterocycles. The highest BCUT2D eigenvalue weighted by Gasteiger charge is 2.12. The first-order chi connectivity index (χ1) is 9.09. The van der Waals surface area contributed by atoms with Crippen LogP contribution in [-0.2, 0) is 6.54 Å². The highest BCUT2D eigenvalue weighted by molar-refractivity contribution is 5.99. The number of anilines is 1. The van der Waals surface area contributed by atoms with Crippen LogP contribution >= 0.6 is 0 Å². The van der Waals surface area contributed by atoms with Crippen LogP contribution in [-0.4, -0.2) is 35.1 Å². The average molecular weight is 258 g/mol. The Morgan fingerprint density at radius 3 is 2.74 bits per heavy atom. The lowest BCUT2D eigenvalue weighted by Gasteiger charge is -2.15. The molecule has 0 saturated heterocycles. The lowest BCUT2D eigenvalue weighted by Crippen LogP contribution is -2.22. The molecule has 0 saturated carbocycles. The van der Waals surface area contributed by atoms with Gasteiger partial charge < -0.3 is 10.2 Å². The number of para-hydroxylation sites is 1. The molecule has 0 radical (unpaired) electrons. The number of nitrogens with one attached hydrogen (secondary N) is 2. The minimum absolute atomic E-state index is 0.00739. The first kappa shape index (κ1) is 13.1. The number of aromatic amines is 1. The molecule has 1 aromatic carbocycles. The van der Waals surface area contributed by atoms with E-state index in [4.69, 9.17) is 0 Å². The summed E-state index contributed by atoms with van der Waals surface area (Å²) < 4.78 is 0. The second kappa shape index (κ2) is 5.56. The normalized spacial score (nSPS) is 10.3. The van der Waals surface area contributed by atoms with Gasteiger partial charge in [0.15, 0.2) is 0 Å². The lowest BCUT2D eigenvalue weighted by atomic mass is 10.1. The van der Waals surface area contributed by atoms with Crippen LogP contribution in [0.1, 0.15) is 21.6 Å². The molecular weight excluding hydrogens is 240 g/mol. The summed E-state index contributed by atoms with van der Waals surface area (Å²) in [6.45, 7) is 2.61. The number of carbonyl (C=O) groups excluding carboxylic acids is 1. The molecule has 5 heteroatoms. The molecule has 1 amide bonds. The van der Waals surface area contributed by atoms with Crippen LogP contribution in [0.3, 0.4) is 0 Å². The summed E-state index contributed by atoms with van der Waals surface area (Å²) in [5, 5.41) is 10.2. The van der Waals surface area contributed by atoms with Gasteiger partial charge >= 0.3 is 0 Å². The number of amides is 1. The van der Waals surface area contributed by atoms with Gasteiger partial charge in [-0.15, -0.1) is 0 Å². The van der Waals surface area contributed by atoms with E-state index in [1.54, 1.807) is 25.2 Å². The summed E-state index contributed by atoms with van der Waals surface area (Å²) >= 11 is 0. The SMILES string of the molecule is Cc1[nH]ncc1CNc1ccccc1C(=O)N(C)C. The quantitative estimate of drug-likeness (QED) is 0.882. The zero-order valence-electron chi connectivity index (χ0n) is 11.4. The van der Waals surface area contributed by atoms with Crippen molar-refractivity contribution in [2.75, 3.05) is 19.4 Å². The van der Waals surface area contributed by atoms with Crippen LogP contribution in [0.25, 0.3) is 0 Å². The lowest BCUT2D eigenvalue weighted by molar-refractivity contribution is 0.0828. The fourth-order valence-corrected chi connectivity index (χ4v) is 1.81. The molecule has 0 fully saturated rings. The Kier molecular flexibility index (Phi) is 3.85. The van der Waals surface area contributed by atoms with Crippen LogP contribution < -0.4 is 5.32 Å². The Morgan fingerprint density at radius 2 is 2.11 bits per heavy atom. The van der Waals surface area contributed by atoms with Crippen molar-refractivity contribution in [2.45, 2.75) is 13.5 Å². The molecule has 1 aromatic heterocycles. The van der Waals surface area contributed by atoms with Crippen LogP contribution in [0.4, 0.5) is 5.69 Å². The molecule has 0 aliphatic rings. The summed E-state index contributed by atoms with van der Waals surface area (Å²) in [7, 11) is 3.50. The third-order valence-electron chi connectivity index (χ3n) is 2.97. The maximum atomic E-state index is 12.1. The molecule has 0 aliphatic carbocycles. The summed E-state index contributed by atoms with van der Waals surface area (Å²) in [6, 6.07) is 7.51. The molecule has 2 N–H and O–H groups in total. The van der Waals surface area contributed by atoms with E-state index >= 15 is 0 Å². The Hall–Kier alpha value is -2.30. The van der Waals surface area contributed by atoms with Gasteiger partial charge in [0.25, 0.3) is 5.91 Å². The number of aryl methyl sites for hydroxylation is 1. The maximum Gasteiger partial charge on any atom is 0.255 e. The second-order valence-corrected chi connectivity index (χ2v) is 4.62. The molecule has 2 aromatic rings. The smallest absolute Gasteiger partial charge is 0.255 e. The standard InChI is InChI=1S/C14H18N4O/c1-10-11(9-16-17-10)8-15-13-7-5-4-6-12(13)14(19)18(2)3/h4-7,9,15H,8H2,1-3H3,(H,16,17). The largest absolute Gasteiger partial charge is 0.380 e. The van der Waals surface area contributed by atoms with Gasteiger partial charge in [-0.1, -0.05) is 12.1 Å². The highest BCUT2D eigenvalue weighted by atomic mass is 16.2. The molecule has 19 heavy (non-hydrogen) atoms. The van der Waals surface area contributed by atoms with Crippen molar-refractivity contribution in [1.29, 1.82) is 0 Å². The van der Waals surface area contributed by atoms with Gasteiger partial charge in [-0.2, -0.15) is 5.10 Å². The Bertz CT molecular complexity index is 574.